The van der Waals surface area contributed by atoms with E-state index >= 15 is 0 Å². The van der Waals surface area contributed by atoms with Gasteiger partial charge in [0.25, 0.3) is 10.0 Å². The highest BCUT2D eigenvalue weighted by molar-refractivity contribution is 7.93. The number of nitriles is 1. The Bertz CT molecular complexity index is 787. The van der Waals surface area contributed by atoms with E-state index in [4.69, 9.17) is 11.0 Å². The minimum atomic E-state index is -3.79. The topological polar surface area (TPSA) is 105 Å². The second kappa shape index (κ2) is 5.46. The van der Waals surface area contributed by atoms with Crippen molar-refractivity contribution in [2.24, 2.45) is 0 Å². The number of benzene rings is 1. The molecule has 0 aliphatic heterocycles. The minimum absolute atomic E-state index is 0.0302. The van der Waals surface area contributed by atoms with E-state index in [1.54, 1.807) is 24.3 Å². The van der Waals surface area contributed by atoms with Crippen LogP contribution in [-0.2, 0) is 16.6 Å². The van der Waals surface area contributed by atoms with Gasteiger partial charge in [-0.1, -0.05) is 0 Å². The number of sulfonamides is 1. The summed E-state index contributed by atoms with van der Waals surface area (Å²) in [6.45, 7) is 2.37. The summed E-state index contributed by atoms with van der Waals surface area (Å²) in [5.74, 6) is -0.0302. The number of aryl methyl sites for hydroxylation is 1. The Morgan fingerprint density at radius 3 is 2.48 bits per heavy atom. The van der Waals surface area contributed by atoms with Gasteiger partial charge < -0.3 is 5.73 Å². The molecule has 0 spiro atoms. The molecule has 1 aromatic heterocycles. The maximum absolute atomic E-state index is 12.6. The lowest BCUT2D eigenvalue weighted by Crippen LogP contribution is -2.26. The normalized spacial score (nSPS) is 11.1. The molecule has 1 heterocycles. The van der Waals surface area contributed by atoms with Gasteiger partial charge in [-0.15, -0.1) is 0 Å². The first-order valence-electron chi connectivity index (χ1n) is 6.22. The van der Waals surface area contributed by atoms with E-state index in [-0.39, 0.29) is 10.7 Å². The molecule has 0 saturated heterocycles. The Labute approximate surface area is 123 Å². The van der Waals surface area contributed by atoms with Crippen LogP contribution in [0.15, 0.2) is 35.4 Å². The van der Waals surface area contributed by atoms with Crippen molar-refractivity contribution in [1.82, 2.24) is 9.78 Å². The maximum Gasteiger partial charge on any atom is 0.269 e. The summed E-state index contributed by atoms with van der Waals surface area (Å²) in [5, 5.41) is 12.7. The summed E-state index contributed by atoms with van der Waals surface area (Å²) < 4.78 is 27.7. The van der Waals surface area contributed by atoms with E-state index in [1.165, 1.54) is 17.9 Å². The van der Waals surface area contributed by atoms with Gasteiger partial charge in [0.05, 0.1) is 17.3 Å². The molecule has 7 nitrogen and oxygen atoms in total. The number of hydrogen-bond donors (Lipinski definition) is 1. The lowest BCUT2D eigenvalue weighted by Gasteiger charge is -2.18. The molecule has 0 amide bonds. The van der Waals surface area contributed by atoms with Crippen LogP contribution in [0.3, 0.4) is 0 Å². The molecule has 0 radical (unpaired) electrons. The molecule has 2 rings (SSSR count). The molecule has 110 valence electrons. The van der Waals surface area contributed by atoms with Gasteiger partial charge in [0, 0.05) is 19.8 Å². The van der Waals surface area contributed by atoms with Crippen LogP contribution in [0.4, 0.5) is 11.5 Å². The number of nitrogens with zero attached hydrogens (tertiary/aromatic N) is 4. The highest BCUT2D eigenvalue weighted by atomic mass is 32.2. The van der Waals surface area contributed by atoms with Crippen molar-refractivity contribution in [2.75, 3.05) is 17.1 Å². The zero-order valence-electron chi connectivity index (χ0n) is 11.7. The summed E-state index contributed by atoms with van der Waals surface area (Å²) >= 11 is 0. The van der Waals surface area contributed by atoms with Crippen LogP contribution >= 0.6 is 0 Å². The largest absolute Gasteiger partial charge is 0.381 e. The minimum Gasteiger partial charge on any atom is -0.381 e. The summed E-state index contributed by atoms with van der Waals surface area (Å²) in [4.78, 5) is -0.0313. The fraction of sp³-hybridized carbons (Fsp3) is 0.231. The van der Waals surface area contributed by atoms with Crippen molar-refractivity contribution in [3.05, 3.63) is 36.0 Å². The number of anilines is 2. The smallest absolute Gasteiger partial charge is 0.269 e. The first kappa shape index (κ1) is 14.9. The lowest BCUT2D eigenvalue weighted by atomic mass is 10.2. The molecular weight excluding hydrogens is 290 g/mol. The molecular formula is C13H15N5O2S. The zero-order chi connectivity index (χ0) is 15.6. The van der Waals surface area contributed by atoms with Crippen molar-refractivity contribution in [1.29, 1.82) is 5.26 Å². The van der Waals surface area contributed by atoms with Gasteiger partial charge >= 0.3 is 0 Å². The van der Waals surface area contributed by atoms with Crippen LogP contribution < -0.4 is 10.0 Å². The van der Waals surface area contributed by atoms with Gasteiger partial charge in [0.2, 0.25) is 0 Å². The van der Waals surface area contributed by atoms with E-state index in [0.717, 1.165) is 4.31 Å². The Kier molecular flexibility index (Phi) is 3.86. The Hall–Kier alpha value is -2.53. The number of rotatable bonds is 4. The van der Waals surface area contributed by atoms with Gasteiger partial charge in [-0.25, -0.2) is 8.42 Å². The quantitative estimate of drug-likeness (QED) is 0.913. The summed E-state index contributed by atoms with van der Waals surface area (Å²) in [7, 11) is -2.36. The fourth-order valence-electron chi connectivity index (χ4n) is 1.81. The van der Waals surface area contributed by atoms with Crippen molar-refractivity contribution in [3.63, 3.8) is 0 Å². The molecule has 0 aliphatic rings. The highest BCUT2D eigenvalue weighted by Crippen LogP contribution is 2.25. The van der Waals surface area contributed by atoms with E-state index in [2.05, 4.69) is 5.10 Å². The van der Waals surface area contributed by atoms with Crippen LogP contribution in [0, 0.1) is 11.3 Å². The molecule has 21 heavy (non-hydrogen) atoms. The number of nitrogens with two attached hydrogens (primary N) is 1. The van der Waals surface area contributed by atoms with Crippen LogP contribution in [-0.4, -0.2) is 25.2 Å². The van der Waals surface area contributed by atoms with E-state index in [9.17, 15) is 8.42 Å². The molecule has 2 aromatic rings. The van der Waals surface area contributed by atoms with Crippen molar-refractivity contribution >= 4 is 21.5 Å². The van der Waals surface area contributed by atoms with Crippen LogP contribution in [0.25, 0.3) is 0 Å². The van der Waals surface area contributed by atoms with Crippen molar-refractivity contribution in [2.45, 2.75) is 18.4 Å². The summed E-state index contributed by atoms with van der Waals surface area (Å²) in [6.07, 6.45) is 1.41. The second-order valence-electron chi connectivity index (χ2n) is 4.37. The first-order valence-corrected chi connectivity index (χ1v) is 7.66. The van der Waals surface area contributed by atoms with Crippen molar-refractivity contribution in [3.8, 4) is 6.07 Å². The van der Waals surface area contributed by atoms with Gasteiger partial charge in [-0.3, -0.25) is 8.99 Å². The predicted octanol–water partition coefficient (Wildman–Crippen LogP) is 1.18. The van der Waals surface area contributed by atoms with Gasteiger partial charge in [-0.05, 0) is 31.2 Å². The third-order valence-corrected chi connectivity index (χ3v) is 4.88. The Morgan fingerprint density at radius 1 is 1.38 bits per heavy atom. The Balaban J connectivity index is 2.42. The molecule has 1 aromatic carbocycles. The average Bonchev–Trinajstić information content (AvgIpc) is 2.88. The molecule has 0 fully saturated rings. The zero-order valence-corrected chi connectivity index (χ0v) is 12.5. The lowest BCUT2D eigenvalue weighted by molar-refractivity contribution is 0.594. The molecule has 2 N–H and O–H groups in total. The third kappa shape index (κ3) is 2.68. The Morgan fingerprint density at radius 2 is 2.00 bits per heavy atom. The third-order valence-electron chi connectivity index (χ3n) is 3.08. The standard InChI is InChI=1S/C13H15N5O2S/c1-3-18-9-12(13(15)16-18)21(19,20)17(2)11-6-4-10(8-14)5-7-11/h4-7,9H,3H2,1-2H3,(H2,15,16). The molecule has 8 heteroatoms. The van der Waals surface area contributed by atoms with Crippen LogP contribution in [0.1, 0.15) is 12.5 Å². The summed E-state index contributed by atoms with van der Waals surface area (Å²) in [6, 6.07) is 8.23. The molecule has 0 atom stereocenters. The van der Waals surface area contributed by atoms with Gasteiger partial charge in [-0.2, -0.15) is 10.4 Å². The monoisotopic (exact) mass is 305 g/mol. The van der Waals surface area contributed by atoms with Crippen LogP contribution in [0.5, 0.6) is 0 Å². The molecule has 0 unspecified atom stereocenters. The predicted molar refractivity (Wildman–Crippen MR) is 79.1 cm³/mol. The maximum atomic E-state index is 12.6. The highest BCUT2D eigenvalue weighted by Gasteiger charge is 2.26. The summed E-state index contributed by atoms with van der Waals surface area (Å²) in [5.41, 5.74) is 6.59. The molecule has 0 saturated carbocycles. The molecule has 0 bridgehead atoms. The number of aromatic nitrogens is 2. The van der Waals surface area contributed by atoms with E-state index in [0.29, 0.717) is 17.8 Å². The second-order valence-corrected chi connectivity index (χ2v) is 6.30. The SMILES string of the molecule is CCn1cc(S(=O)(=O)N(C)c2ccc(C#N)cc2)c(N)n1. The fourth-order valence-corrected chi connectivity index (χ4v) is 3.07. The van der Waals surface area contributed by atoms with Crippen LogP contribution in [0.2, 0.25) is 0 Å². The number of nitrogen functional groups attached to an aromatic ring is 1. The average molecular weight is 305 g/mol. The molecule has 0 aliphatic carbocycles. The van der Waals surface area contributed by atoms with Gasteiger partial charge in [0.1, 0.15) is 4.90 Å². The van der Waals surface area contributed by atoms with E-state index in [1.807, 2.05) is 13.0 Å². The van der Waals surface area contributed by atoms with Gasteiger partial charge in [0.15, 0.2) is 5.82 Å². The van der Waals surface area contributed by atoms with E-state index < -0.39 is 10.0 Å². The number of hydrogen-bond acceptors (Lipinski definition) is 5. The van der Waals surface area contributed by atoms with Crippen molar-refractivity contribution < 1.29 is 8.42 Å². The first-order chi connectivity index (χ1) is 9.90.